The summed E-state index contributed by atoms with van der Waals surface area (Å²) >= 11 is 1.61. The van der Waals surface area contributed by atoms with Crippen LogP contribution in [-0.4, -0.2) is 14.5 Å². The van der Waals surface area contributed by atoms with E-state index in [4.69, 9.17) is 4.74 Å². The van der Waals surface area contributed by atoms with Crippen molar-refractivity contribution in [1.82, 2.24) is 9.38 Å². The van der Waals surface area contributed by atoms with Gasteiger partial charge in [-0.1, -0.05) is 19.1 Å². The highest BCUT2D eigenvalue weighted by atomic mass is 32.1. The maximum Gasteiger partial charge on any atom is 0.193 e. The third-order valence-electron chi connectivity index (χ3n) is 3.18. The standard InChI is InChI=1S/C15H16N2O2S/c1-2-14(18)11-3-5-13(6-4-11)19-10-12-9-17-7-8-20-15(17)16-12/h3-9,14,18H,2,10H2,1H3. The number of hydrogen-bond acceptors (Lipinski definition) is 4. The van der Waals surface area contributed by atoms with E-state index in [0.717, 1.165) is 22.0 Å². The van der Waals surface area contributed by atoms with E-state index >= 15 is 0 Å². The van der Waals surface area contributed by atoms with Gasteiger partial charge in [0, 0.05) is 17.8 Å². The predicted molar refractivity (Wildman–Crippen MR) is 79.1 cm³/mol. The summed E-state index contributed by atoms with van der Waals surface area (Å²) < 4.78 is 7.70. The molecule has 1 unspecified atom stereocenters. The lowest BCUT2D eigenvalue weighted by atomic mass is 10.1. The number of imidazole rings is 1. The van der Waals surface area contributed by atoms with E-state index in [9.17, 15) is 5.11 Å². The van der Waals surface area contributed by atoms with Gasteiger partial charge in [-0.05, 0) is 24.1 Å². The molecule has 0 bridgehead atoms. The lowest BCUT2D eigenvalue weighted by Crippen LogP contribution is -1.97. The third-order valence-corrected chi connectivity index (χ3v) is 3.95. The monoisotopic (exact) mass is 288 g/mol. The van der Waals surface area contributed by atoms with Gasteiger partial charge < -0.3 is 9.84 Å². The molecule has 1 atom stereocenters. The fourth-order valence-electron chi connectivity index (χ4n) is 2.02. The van der Waals surface area contributed by atoms with Crippen LogP contribution in [0.3, 0.4) is 0 Å². The van der Waals surface area contributed by atoms with Gasteiger partial charge in [-0.25, -0.2) is 4.98 Å². The van der Waals surface area contributed by atoms with E-state index in [1.165, 1.54) is 0 Å². The van der Waals surface area contributed by atoms with E-state index in [1.54, 1.807) is 11.3 Å². The second-order valence-corrected chi connectivity index (χ2v) is 5.48. The van der Waals surface area contributed by atoms with Crippen molar-refractivity contribution in [2.45, 2.75) is 26.1 Å². The zero-order chi connectivity index (χ0) is 13.9. The Labute approximate surface area is 121 Å². The van der Waals surface area contributed by atoms with Gasteiger partial charge in [0.05, 0.1) is 11.8 Å². The average molecular weight is 288 g/mol. The van der Waals surface area contributed by atoms with Gasteiger partial charge in [0.15, 0.2) is 4.96 Å². The van der Waals surface area contributed by atoms with Crippen LogP contribution < -0.4 is 4.74 Å². The molecule has 20 heavy (non-hydrogen) atoms. The first-order valence-corrected chi connectivity index (χ1v) is 7.46. The van der Waals surface area contributed by atoms with Crippen molar-refractivity contribution in [3.8, 4) is 5.75 Å². The molecule has 2 aromatic heterocycles. The Morgan fingerprint density at radius 2 is 2.15 bits per heavy atom. The summed E-state index contributed by atoms with van der Waals surface area (Å²) in [5.74, 6) is 0.786. The maximum absolute atomic E-state index is 9.73. The van der Waals surface area contributed by atoms with Crippen LogP contribution in [0.5, 0.6) is 5.75 Å². The van der Waals surface area contributed by atoms with Gasteiger partial charge in [0.2, 0.25) is 0 Å². The minimum Gasteiger partial charge on any atom is -0.487 e. The van der Waals surface area contributed by atoms with Crippen molar-refractivity contribution in [2.24, 2.45) is 0 Å². The molecule has 5 heteroatoms. The molecule has 0 saturated heterocycles. The maximum atomic E-state index is 9.73. The highest BCUT2D eigenvalue weighted by Crippen LogP contribution is 2.20. The summed E-state index contributed by atoms with van der Waals surface area (Å²) in [5, 5.41) is 11.7. The predicted octanol–water partition coefficient (Wildman–Crippen LogP) is 3.42. The van der Waals surface area contributed by atoms with Crippen molar-refractivity contribution in [2.75, 3.05) is 0 Å². The quantitative estimate of drug-likeness (QED) is 0.782. The fraction of sp³-hybridized carbons (Fsp3) is 0.267. The number of benzene rings is 1. The molecule has 104 valence electrons. The molecule has 1 N–H and O–H groups in total. The lowest BCUT2D eigenvalue weighted by Gasteiger charge is -2.09. The first kappa shape index (κ1) is 13.1. The molecule has 0 radical (unpaired) electrons. The second kappa shape index (κ2) is 5.64. The van der Waals surface area contributed by atoms with Gasteiger partial charge in [0.25, 0.3) is 0 Å². The van der Waals surface area contributed by atoms with E-state index in [2.05, 4.69) is 4.98 Å². The minimum atomic E-state index is -0.399. The molecule has 0 spiro atoms. The summed E-state index contributed by atoms with van der Waals surface area (Å²) in [4.78, 5) is 5.44. The Hall–Kier alpha value is -1.85. The minimum absolute atomic E-state index is 0.399. The SMILES string of the molecule is CCC(O)c1ccc(OCc2cn3ccsc3n2)cc1. The van der Waals surface area contributed by atoms with Gasteiger partial charge in [0.1, 0.15) is 12.4 Å². The number of thiazole rings is 1. The number of nitrogens with zero attached hydrogens (tertiary/aromatic N) is 2. The van der Waals surface area contributed by atoms with Crippen LogP contribution in [-0.2, 0) is 6.61 Å². The van der Waals surface area contributed by atoms with Crippen molar-refractivity contribution in [3.05, 3.63) is 53.3 Å². The Balaban J connectivity index is 1.64. The highest BCUT2D eigenvalue weighted by Gasteiger charge is 2.06. The van der Waals surface area contributed by atoms with E-state index in [1.807, 2.05) is 53.4 Å². The molecular weight excluding hydrogens is 272 g/mol. The first-order valence-electron chi connectivity index (χ1n) is 6.58. The number of rotatable bonds is 5. The topological polar surface area (TPSA) is 46.8 Å². The van der Waals surface area contributed by atoms with Crippen molar-refractivity contribution in [1.29, 1.82) is 0 Å². The van der Waals surface area contributed by atoms with Crippen molar-refractivity contribution >= 4 is 16.3 Å². The van der Waals surface area contributed by atoms with Gasteiger partial charge in [-0.3, -0.25) is 4.40 Å². The van der Waals surface area contributed by atoms with Crippen LogP contribution in [0.15, 0.2) is 42.0 Å². The van der Waals surface area contributed by atoms with Crippen molar-refractivity contribution < 1.29 is 9.84 Å². The lowest BCUT2D eigenvalue weighted by molar-refractivity contribution is 0.173. The molecule has 0 aliphatic heterocycles. The second-order valence-electron chi connectivity index (χ2n) is 4.61. The average Bonchev–Trinajstić information content (AvgIpc) is 3.06. The Bertz CT molecular complexity index is 659. The number of ether oxygens (including phenoxy) is 1. The largest absolute Gasteiger partial charge is 0.487 e. The molecule has 1 aromatic carbocycles. The van der Waals surface area contributed by atoms with Crippen LogP contribution in [0, 0.1) is 0 Å². The molecule has 3 rings (SSSR count). The smallest absolute Gasteiger partial charge is 0.193 e. The van der Waals surface area contributed by atoms with Crippen LogP contribution in [0.2, 0.25) is 0 Å². The van der Waals surface area contributed by atoms with E-state index < -0.39 is 6.10 Å². The molecule has 0 amide bonds. The van der Waals surface area contributed by atoms with Gasteiger partial charge >= 0.3 is 0 Å². The Kier molecular flexibility index (Phi) is 3.71. The van der Waals surface area contributed by atoms with Crippen LogP contribution in [0.25, 0.3) is 4.96 Å². The number of hydrogen-bond donors (Lipinski definition) is 1. The molecule has 0 saturated carbocycles. The summed E-state index contributed by atoms with van der Waals surface area (Å²) in [5.41, 5.74) is 1.83. The number of fused-ring (bicyclic) bond motifs is 1. The summed E-state index contributed by atoms with van der Waals surface area (Å²) in [6, 6.07) is 7.56. The number of aliphatic hydroxyl groups is 1. The Morgan fingerprint density at radius 3 is 2.85 bits per heavy atom. The zero-order valence-corrected chi connectivity index (χ0v) is 12.0. The number of aliphatic hydroxyl groups excluding tert-OH is 1. The Morgan fingerprint density at radius 1 is 1.35 bits per heavy atom. The van der Waals surface area contributed by atoms with E-state index in [0.29, 0.717) is 13.0 Å². The van der Waals surface area contributed by atoms with Crippen LogP contribution in [0.4, 0.5) is 0 Å². The first-order chi connectivity index (χ1) is 9.76. The van der Waals surface area contributed by atoms with E-state index in [-0.39, 0.29) is 0 Å². The fourth-order valence-corrected chi connectivity index (χ4v) is 2.74. The normalized spacial score (nSPS) is 12.7. The summed E-state index contributed by atoms with van der Waals surface area (Å²) in [7, 11) is 0. The van der Waals surface area contributed by atoms with Gasteiger partial charge in [-0.2, -0.15) is 0 Å². The molecule has 4 nitrogen and oxygen atoms in total. The van der Waals surface area contributed by atoms with Crippen LogP contribution in [0.1, 0.15) is 30.7 Å². The summed E-state index contributed by atoms with van der Waals surface area (Å²) in [6.45, 7) is 2.41. The molecule has 0 aliphatic carbocycles. The molecule has 3 aromatic rings. The summed E-state index contributed by atoms with van der Waals surface area (Å²) in [6.07, 6.45) is 4.27. The van der Waals surface area contributed by atoms with Crippen molar-refractivity contribution in [3.63, 3.8) is 0 Å². The zero-order valence-electron chi connectivity index (χ0n) is 11.2. The molecule has 0 fully saturated rings. The van der Waals surface area contributed by atoms with Gasteiger partial charge in [-0.15, -0.1) is 11.3 Å². The molecule has 0 aliphatic rings. The number of aromatic nitrogens is 2. The van der Waals surface area contributed by atoms with Crippen LogP contribution >= 0.6 is 11.3 Å². The highest BCUT2D eigenvalue weighted by molar-refractivity contribution is 7.15. The molecular formula is C15H16N2O2S. The molecule has 2 heterocycles. The third kappa shape index (κ3) is 2.69.